The molecule has 3 amide bonds. The molecule has 1 aromatic carbocycles. The van der Waals surface area contributed by atoms with Gasteiger partial charge in [0.2, 0.25) is 5.91 Å². The summed E-state index contributed by atoms with van der Waals surface area (Å²) in [6, 6.07) is 6.86. The zero-order valence-corrected chi connectivity index (χ0v) is 14.5. The third kappa shape index (κ3) is 4.71. The second-order valence-corrected chi connectivity index (χ2v) is 6.70. The quantitative estimate of drug-likeness (QED) is 0.764. The number of carbonyl (C=O) groups is 2. The first kappa shape index (κ1) is 18.3. The topological polar surface area (TPSA) is 101 Å². The van der Waals surface area contributed by atoms with E-state index in [4.69, 9.17) is 11.5 Å². The van der Waals surface area contributed by atoms with Crippen molar-refractivity contribution >= 4 is 11.9 Å². The molecule has 1 aliphatic heterocycles. The Labute approximate surface area is 143 Å². The van der Waals surface area contributed by atoms with Gasteiger partial charge in [-0.2, -0.15) is 0 Å². The second-order valence-electron chi connectivity index (χ2n) is 6.70. The third-order valence-corrected chi connectivity index (χ3v) is 4.90. The number of piperidine rings is 1. The lowest BCUT2D eigenvalue weighted by molar-refractivity contribution is -0.133. The zero-order chi connectivity index (χ0) is 17.7. The number of aryl methyl sites for hydroxylation is 1. The number of rotatable bonds is 5. The molecule has 0 aromatic heterocycles. The van der Waals surface area contributed by atoms with Gasteiger partial charge in [-0.1, -0.05) is 24.3 Å². The highest BCUT2D eigenvalue weighted by molar-refractivity contribution is 5.79. The van der Waals surface area contributed by atoms with E-state index in [0.717, 1.165) is 37.1 Å². The molecule has 1 aromatic rings. The van der Waals surface area contributed by atoms with E-state index in [1.165, 1.54) is 0 Å². The van der Waals surface area contributed by atoms with E-state index in [9.17, 15) is 9.59 Å². The predicted octanol–water partition coefficient (Wildman–Crippen LogP) is 1.68. The van der Waals surface area contributed by atoms with E-state index in [1.807, 2.05) is 43.0 Å². The minimum Gasteiger partial charge on any atom is -0.352 e. The Bertz CT molecular complexity index is 580. The molecule has 0 saturated carbocycles. The number of nitrogens with one attached hydrogen (secondary N) is 1. The van der Waals surface area contributed by atoms with E-state index in [0.29, 0.717) is 5.92 Å². The first-order chi connectivity index (χ1) is 11.4. The van der Waals surface area contributed by atoms with Crippen LogP contribution in [0.1, 0.15) is 43.4 Å². The molecule has 0 radical (unpaired) electrons. The van der Waals surface area contributed by atoms with Crippen molar-refractivity contribution in [3.63, 3.8) is 0 Å². The smallest absolute Gasteiger partial charge is 0.312 e. The largest absolute Gasteiger partial charge is 0.352 e. The first-order valence-electron chi connectivity index (χ1n) is 8.53. The number of nitrogens with two attached hydrogens (primary N) is 2. The van der Waals surface area contributed by atoms with Gasteiger partial charge in [0.15, 0.2) is 0 Å². The molecule has 1 aliphatic rings. The van der Waals surface area contributed by atoms with Crippen molar-refractivity contribution in [2.75, 3.05) is 13.1 Å². The van der Waals surface area contributed by atoms with Crippen molar-refractivity contribution in [2.24, 2.45) is 17.4 Å². The number of benzene rings is 1. The van der Waals surface area contributed by atoms with Crippen molar-refractivity contribution < 1.29 is 9.59 Å². The molecule has 6 heteroatoms. The standard InChI is InChI=1S/C18H28N4O2/c1-12-5-3-4-6-15(12)16(21-18(20)24)11-17(23)22-9-7-14(8-10-22)13(2)19/h3-6,13-14,16H,7-11,19H2,1-2H3,(H3,20,21,24). The van der Waals surface area contributed by atoms with Crippen LogP contribution in [0.15, 0.2) is 24.3 Å². The summed E-state index contributed by atoms with van der Waals surface area (Å²) in [5.74, 6) is 0.519. The molecular weight excluding hydrogens is 304 g/mol. The van der Waals surface area contributed by atoms with Gasteiger partial charge in [0.05, 0.1) is 12.5 Å². The van der Waals surface area contributed by atoms with Crippen LogP contribution < -0.4 is 16.8 Å². The molecule has 1 heterocycles. The van der Waals surface area contributed by atoms with Crippen LogP contribution in [-0.4, -0.2) is 36.0 Å². The van der Waals surface area contributed by atoms with Gasteiger partial charge in [0, 0.05) is 19.1 Å². The van der Waals surface area contributed by atoms with Crippen LogP contribution in [-0.2, 0) is 4.79 Å². The lowest BCUT2D eigenvalue weighted by Gasteiger charge is -2.34. The van der Waals surface area contributed by atoms with Gasteiger partial charge in [-0.05, 0) is 43.7 Å². The van der Waals surface area contributed by atoms with Gasteiger partial charge in [0.1, 0.15) is 0 Å². The second kappa shape index (κ2) is 8.15. The lowest BCUT2D eigenvalue weighted by Crippen LogP contribution is -2.44. The molecule has 1 saturated heterocycles. The molecule has 2 unspecified atom stereocenters. The number of amides is 3. The summed E-state index contributed by atoms with van der Waals surface area (Å²) in [7, 11) is 0. The molecule has 24 heavy (non-hydrogen) atoms. The van der Waals surface area contributed by atoms with Crippen LogP contribution in [0.3, 0.4) is 0 Å². The summed E-state index contributed by atoms with van der Waals surface area (Å²) >= 11 is 0. The average Bonchev–Trinajstić information content (AvgIpc) is 2.54. The Kier molecular flexibility index (Phi) is 6.20. The maximum absolute atomic E-state index is 12.7. The third-order valence-electron chi connectivity index (χ3n) is 4.90. The minimum absolute atomic E-state index is 0.0418. The van der Waals surface area contributed by atoms with Crippen LogP contribution in [0, 0.1) is 12.8 Å². The molecule has 5 N–H and O–H groups in total. The van der Waals surface area contributed by atoms with E-state index in [2.05, 4.69) is 5.32 Å². The highest BCUT2D eigenvalue weighted by Crippen LogP contribution is 2.24. The molecule has 1 fully saturated rings. The molecule has 132 valence electrons. The summed E-state index contributed by atoms with van der Waals surface area (Å²) in [5, 5.41) is 2.71. The number of nitrogens with zero attached hydrogens (tertiary/aromatic N) is 1. The number of likely N-dealkylation sites (tertiary alicyclic amines) is 1. The van der Waals surface area contributed by atoms with Crippen LogP contribution >= 0.6 is 0 Å². The van der Waals surface area contributed by atoms with Gasteiger partial charge < -0.3 is 21.7 Å². The fourth-order valence-corrected chi connectivity index (χ4v) is 3.37. The zero-order valence-electron chi connectivity index (χ0n) is 14.5. The Balaban J connectivity index is 2.03. The van der Waals surface area contributed by atoms with Crippen LogP contribution in [0.25, 0.3) is 0 Å². The Hall–Kier alpha value is -2.08. The monoisotopic (exact) mass is 332 g/mol. The first-order valence-corrected chi connectivity index (χ1v) is 8.53. The van der Waals surface area contributed by atoms with Crippen LogP contribution in [0.2, 0.25) is 0 Å². The molecule has 0 spiro atoms. The summed E-state index contributed by atoms with van der Waals surface area (Å²) in [5.41, 5.74) is 13.2. The Morgan fingerprint density at radius 1 is 1.29 bits per heavy atom. The van der Waals surface area contributed by atoms with E-state index >= 15 is 0 Å². The fourth-order valence-electron chi connectivity index (χ4n) is 3.37. The maximum atomic E-state index is 12.7. The molecule has 2 rings (SSSR count). The van der Waals surface area contributed by atoms with E-state index in [1.54, 1.807) is 0 Å². The van der Waals surface area contributed by atoms with E-state index < -0.39 is 12.1 Å². The lowest BCUT2D eigenvalue weighted by atomic mass is 9.90. The number of hydrogen-bond acceptors (Lipinski definition) is 3. The summed E-state index contributed by atoms with van der Waals surface area (Å²) < 4.78 is 0. The van der Waals surface area contributed by atoms with Gasteiger partial charge in [-0.15, -0.1) is 0 Å². The number of urea groups is 1. The van der Waals surface area contributed by atoms with Gasteiger partial charge in [0.25, 0.3) is 0 Å². The van der Waals surface area contributed by atoms with Gasteiger partial charge in [-0.25, -0.2) is 4.79 Å². The Morgan fingerprint density at radius 2 is 1.92 bits per heavy atom. The van der Waals surface area contributed by atoms with Crippen molar-refractivity contribution in [3.05, 3.63) is 35.4 Å². The fraction of sp³-hybridized carbons (Fsp3) is 0.556. The van der Waals surface area contributed by atoms with E-state index in [-0.39, 0.29) is 18.4 Å². The highest BCUT2D eigenvalue weighted by atomic mass is 16.2. The van der Waals surface area contributed by atoms with Gasteiger partial charge >= 0.3 is 6.03 Å². The minimum atomic E-state index is -0.619. The van der Waals surface area contributed by atoms with Crippen molar-refractivity contribution in [1.29, 1.82) is 0 Å². The van der Waals surface area contributed by atoms with Crippen LogP contribution in [0.4, 0.5) is 4.79 Å². The predicted molar refractivity (Wildman–Crippen MR) is 94.2 cm³/mol. The maximum Gasteiger partial charge on any atom is 0.312 e. The SMILES string of the molecule is Cc1ccccc1C(CC(=O)N1CCC(C(C)N)CC1)NC(N)=O. The molecule has 2 atom stereocenters. The van der Waals surface area contributed by atoms with Crippen molar-refractivity contribution in [3.8, 4) is 0 Å². The van der Waals surface area contributed by atoms with Crippen molar-refractivity contribution in [2.45, 2.75) is 45.2 Å². The summed E-state index contributed by atoms with van der Waals surface area (Å²) in [6.07, 6.45) is 2.08. The number of primary amides is 1. The summed E-state index contributed by atoms with van der Waals surface area (Å²) in [4.78, 5) is 25.9. The van der Waals surface area contributed by atoms with Gasteiger partial charge in [-0.3, -0.25) is 4.79 Å². The molecule has 0 aliphatic carbocycles. The van der Waals surface area contributed by atoms with Crippen molar-refractivity contribution in [1.82, 2.24) is 10.2 Å². The van der Waals surface area contributed by atoms with Crippen LogP contribution in [0.5, 0.6) is 0 Å². The number of hydrogen-bond donors (Lipinski definition) is 3. The average molecular weight is 332 g/mol. The molecular formula is C18H28N4O2. The number of carbonyl (C=O) groups excluding carboxylic acids is 2. The Morgan fingerprint density at radius 3 is 2.46 bits per heavy atom. The highest BCUT2D eigenvalue weighted by Gasteiger charge is 2.27. The molecule has 0 bridgehead atoms. The normalized spacial score (nSPS) is 18.0. The molecule has 6 nitrogen and oxygen atoms in total. The summed E-state index contributed by atoms with van der Waals surface area (Å²) in [6.45, 7) is 5.43.